The van der Waals surface area contributed by atoms with Crippen molar-refractivity contribution in [3.8, 4) is 11.5 Å². The summed E-state index contributed by atoms with van der Waals surface area (Å²) in [5.74, 6) is 1.57. The van der Waals surface area contributed by atoms with Gasteiger partial charge in [-0.1, -0.05) is 25.6 Å². The molecule has 1 atom stereocenters. The largest absolute Gasteiger partial charge is 0.490 e. The maximum absolute atomic E-state index is 5.62. The highest BCUT2D eigenvalue weighted by atomic mass is 16.5. The molecule has 0 fully saturated rings. The fraction of sp³-hybridized carbons (Fsp3) is 0.500. The Morgan fingerprint density at radius 2 is 2.05 bits per heavy atom. The van der Waals surface area contributed by atoms with Gasteiger partial charge in [0, 0.05) is 12.6 Å². The average Bonchev–Trinajstić information content (AvgIpc) is 2.44. The van der Waals surface area contributed by atoms with Gasteiger partial charge < -0.3 is 14.8 Å². The van der Waals surface area contributed by atoms with Crippen LogP contribution in [0.1, 0.15) is 32.8 Å². The fourth-order valence-corrected chi connectivity index (χ4v) is 1.64. The average molecular weight is 263 g/mol. The number of hydrogen-bond donors (Lipinski definition) is 1. The summed E-state index contributed by atoms with van der Waals surface area (Å²) in [5, 5.41) is 3.47. The molecule has 0 heterocycles. The van der Waals surface area contributed by atoms with E-state index in [0.717, 1.165) is 24.5 Å². The lowest BCUT2D eigenvalue weighted by molar-refractivity contribution is 0.296. The summed E-state index contributed by atoms with van der Waals surface area (Å²) in [6.45, 7) is 12.0. The standard InChI is InChI=1S/C16H25NO2/c1-5-10-19-15-9-8-14(11-16(15)18-7-3)12-17-13(4)6-2/h5,8-9,11,13,17H,1,6-7,10,12H2,2-4H3/t13-/m1/s1. The van der Waals surface area contributed by atoms with Gasteiger partial charge in [-0.2, -0.15) is 0 Å². The molecule has 0 radical (unpaired) electrons. The van der Waals surface area contributed by atoms with Gasteiger partial charge in [-0.3, -0.25) is 0 Å². The second kappa shape index (κ2) is 8.59. The summed E-state index contributed by atoms with van der Waals surface area (Å²) in [6, 6.07) is 6.59. The van der Waals surface area contributed by atoms with Gasteiger partial charge in [-0.25, -0.2) is 0 Å². The van der Waals surface area contributed by atoms with Crippen LogP contribution in [0.15, 0.2) is 30.9 Å². The SMILES string of the molecule is C=CCOc1ccc(CN[C@H](C)CC)cc1OCC. The van der Waals surface area contributed by atoms with E-state index < -0.39 is 0 Å². The molecule has 0 unspecified atom stereocenters. The number of ether oxygens (including phenoxy) is 2. The minimum atomic E-state index is 0.491. The van der Waals surface area contributed by atoms with E-state index in [0.29, 0.717) is 19.3 Å². The van der Waals surface area contributed by atoms with Crippen molar-refractivity contribution in [1.29, 1.82) is 0 Å². The van der Waals surface area contributed by atoms with E-state index in [9.17, 15) is 0 Å². The topological polar surface area (TPSA) is 30.5 Å². The number of benzene rings is 1. The van der Waals surface area contributed by atoms with Crippen LogP contribution in [0.4, 0.5) is 0 Å². The van der Waals surface area contributed by atoms with E-state index in [1.54, 1.807) is 6.08 Å². The Hall–Kier alpha value is -1.48. The smallest absolute Gasteiger partial charge is 0.161 e. The minimum absolute atomic E-state index is 0.491. The van der Waals surface area contributed by atoms with Crippen LogP contribution in [-0.4, -0.2) is 19.3 Å². The molecule has 3 nitrogen and oxygen atoms in total. The van der Waals surface area contributed by atoms with E-state index in [4.69, 9.17) is 9.47 Å². The molecule has 0 spiro atoms. The van der Waals surface area contributed by atoms with Crippen LogP contribution < -0.4 is 14.8 Å². The highest BCUT2D eigenvalue weighted by molar-refractivity contribution is 5.43. The molecule has 1 N–H and O–H groups in total. The maximum Gasteiger partial charge on any atom is 0.161 e. The van der Waals surface area contributed by atoms with Gasteiger partial charge in [-0.05, 0) is 38.0 Å². The van der Waals surface area contributed by atoms with E-state index >= 15 is 0 Å². The second-order valence-corrected chi connectivity index (χ2v) is 4.50. The van der Waals surface area contributed by atoms with Crippen molar-refractivity contribution in [3.63, 3.8) is 0 Å². The lowest BCUT2D eigenvalue weighted by Gasteiger charge is -2.14. The molecular weight excluding hydrogens is 238 g/mol. The normalized spacial score (nSPS) is 11.9. The molecule has 1 aromatic carbocycles. The quantitative estimate of drug-likeness (QED) is 0.691. The van der Waals surface area contributed by atoms with E-state index in [-0.39, 0.29) is 0 Å². The third-order valence-electron chi connectivity index (χ3n) is 2.93. The van der Waals surface area contributed by atoms with Crippen molar-refractivity contribution in [3.05, 3.63) is 36.4 Å². The Labute approximate surface area is 116 Å². The van der Waals surface area contributed by atoms with Crippen LogP contribution in [0, 0.1) is 0 Å². The Morgan fingerprint density at radius 3 is 2.68 bits per heavy atom. The first-order valence-electron chi connectivity index (χ1n) is 6.94. The summed E-state index contributed by atoms with van der Waals surface area (Å²) in [6.07, 6.45) is 2.85. The summed E-state index contributed by atoms with van der Waals surface area (Å²) in [7, 11) is 0. The molecule has 0 saturated carbocycles. The monoisotopic (exact) mass is 263 g/mol. The lowest BCUT2D eigenvalue weighted by atomic mass is 10.1. The van der Waals surface area contributed by atoms with E-state index in [1.165, 1.54) is 5.56 Å². The predicted molar refractivity (Wildman–Crippen MR) is 79.9 cm³/mol. The molecule has 1 aromatic rings. The summed E-state index contributed by atoms with van der Waals surface area (Å²) in [5.41, 5.74) is 1.20. The first kappa shape index (κ1) is 15.6. The Bertz CT molecular complexity index is 390. The van der Waals surface area contributed by atoms with Gasteiger partial charge in [0.25, 0.3) is 0 Å². The van der Waals surface area contributed by atoms with Gasteiger partial charge in [0.15, 0.2) is 11.5 Å². The molecule has 19 heavy (non-hydrogen) atoms. The van der Waals surface area contributed by atoms with Crippen molar-refractivity contribution in [1.82, 2.24) is 5.32 Å². The molecule has 0 aliphatic rings. The van der Waals surface area contributed by atoms with Gasteiger partial charge in [0.2, 0.25) is 0 Å². The first-order chi connectivity index (χ1) is 9.21. The second-order valence-electron chi connectivity index (χ2n) is 4.50. The van der Waals surface area contributed by atoms with Crippen LogP contribution in [0.5, 0.6) is 11.5 Å². The van der Waals surface area contributed by atoms with Gasteiger partial charge in [-0.15, -0.1) is 0 Å². The number of rotatable bonds is 9. The Kier molecular flexibility index (Phi) is 7.04. The molecule has 0 amide bonds. The zero-order chi connectivity index (χ0) is 14.1. The van der Waals surface area contributed by atoms with Crippen molar-refractivity contribution in [2.75, 3.05) is 13.2 Å². The number of hydrogen-bond acceptors (Lipinski definition) is 3. The van der Waals surface area contributed by atoms with Crippen molar-refractivity contribution < 1.29 is 9.47 Å². The highest BCUT2D eigenvalue weighted by Gasteiger charge is 2.06. The van der Waals surface area contributed by atoms with Gasteiger partial charge >= 0.3 is 0 Å². The van der Waals surface area contributed by atoms with Gasteiger partial charge in [0.1, 0.15) is 6.61 Å². The van der Waals surface area contributed by atoms with Crippen LogP contribution >= 0.6 is 0 Å². The van der Waals surface area contributed by atoms with Crippen molar-refractivity contribution in [2.24, 2.45) is 0 Å². The fourth-order valence-electron chi connectivity index (χ4n) is 1.64. The molecule has 106 valence electrons. The molecule has 1 rings (SSSR count). The minimum Gasteiger partial charge on any atom is -0.490 e. The molecule has 0 aliphatic heterocycles. The summed E-state index contributed by atoms with van der Waals surface area (Å²) in [4.78, 5) is 0. The predicted octanol–water partition coefficient (Wildman–Crippen LogP) is 3.54. The number of nitrogens with one attached hydrogen (secondary N) is 1. The summed E-state index contributed by atoms with van der Waals surface area (Å²) < 4.78 is 11.2. The van der Waals surface area contributed by atoms with E-state index in [2.05, 4.69) is 31.8 Å². The van der Waals surface area contributed by atoms with Crippen LogP contribution in [0.3, 0.4) is 0 Å². The van der Waals surface area contributed by atoms with Crippen LogP contribution in [-0.2, 0) is 6.54 Å². The lowest BCUT2D eigenvalue weighted by Crippen LogP contribution is -2.24. The van der Waals surface area contributed by atoms with Crippen LogP contribution in [0.2, 0.25) is 0 Å². The van der Waals surface area contributed by atoms with Crippen molar-refractivity contribution >= 4 is 0 Å². The molecule has 0 bridgehead atoms. The maximum atomic E-state index is 5.62. The third-order valence-corrected chi connectivity index (χ3v) is 2.93. The van der Waals surface area contributed by atoms with Crippen LogP contribution in [0.25, 0.3) is 0 Å². The molecule has 0 saturated heterocycles. The highest BCUT2D eigenvalue weighted by Crippen LogP contribution is 2.28. The molecule has 3 heteroatoms. The zero-order valence-corrected chi connectivity index (χ0v) is 12.2. The third kappa shape index (κ3) is 5.35. The Balaban J connectivity index is 2.73. The first-order valence-corrected chi connectivity index (χ1v) is 6.94. The molecular formula is C16H25NO2. The molecule has 0 aromatic heterocycles. The van der Waals surface area contributed by atoms with Gasteiger partial charge in [0.05, 0.1) is 6.61 Å². The molecule has 0 aliphatic carbocycles. The van der Waals surface area contributed by atoms with Crippen molar-refractivity contribution in [2.45, 2.75) is 39.8 Å². The Morgan fingerprint density at radius 1 is 1.26 bits per heavy atom. The zero-order valence-electron chi connectivity index (χ0n) is 12.2. The summed E-state index contributed by atoms with van der Waals surface area (Å²) >= 11 is 0. The van der Waals surface area contributed by atoms with E-state index in [1.807, 2.05) is 19.1 Å².